The maximum Gasteiger partial charge on any atom is 0.268 e. The van der Waals surface area contributed by atoms with Gasteiger partial charge in [-0.05, 0) is 36.8 Å². The van der Waals surface area contributed by atoms with E-state index in [4.69, 9.17) is 0 Å². The Morgan fingerprint density at radius 2 is 1.60 bits per heavy atom. The fraction of sp³-hybridized carbons (Fsp3) is 0.120. The smallest absolute Gasteiger partial charge is 0.268 e. The predicted octanol–water partition coefficient (Wildman–Crippen LogP) is 5.01. The summed E-state index contributed by atoms with van der Waals surface area (Å²) in [5, 5.41) is 11.7. The van der Waals surface area contributed by atoms with Crippen molar-refractivity contribution in [2.45, 2.75) is 23.8 Å². The molecule has 1 atom stereocenters. The van der Waals surface area contributed by atoms with Gasteiger partial charge >= 0.3 is 0 Å². The van der Waals surface area contributed by atoms with Gasteiger partial charge in [0.25, 0.3) is 10.0 Å². The number of hydrogen-bond acceptors (Lipinski definition) is 3. The lowest BCUT2D eigenvalue weighted by atomic mass is 9.89. The number of sulfonamides is 1. The Morgan fingerprint density at radius 1 is 0.967 bits per heavy atom. The molecule has 0 aliphatic carbocycles. The highest BCUT2D eigenvalue weighted by Gasteiger charge is 2.49. The predicted molar refractivity (Wildman–Crippen MR) is 120 cm³/mol. The van der Waals surface area contributed by atoms with Crippen LogP contribution in [-0.2, 0) is 15.6 Å². The molecule has 0 fully saturated rings. The van der Waals surface area contributed by atoms with Crippen LogP contribution in [0.4, 0.5) is 5.69 Å². The molecule has 0 saturated carbocycles. The Kier molecular flexibility index (Phi) is 5.10. The Bertz CT molecular complexity index is 1210. The number of rotatable bonds is 5. The summed E-state index contributed by atoms with van der Waals surface area (Å²) in [6.45, 7) is 5.69. The third-order valence-electron chi connectivity index (χ3n) is 5.31. The maximum atomic E-state index is 13.7. The van der Waals surface area contributed by atoms with Gasteiger partial charge in [0.15, 0.2) is 0 Å². The largest absolute Gasteiger partial charge is 0.378 e. The second kappa shape index (κ2) is 7.59. The van der Waals surface area contributed by atoms with Crippen LogP contribution in [0, 0.1) is 6.92 Å². The van der Waals surface area contributed by atoms with Gasteiger partial charge in [0, 0.05) is 12.0 Å². The minimum atomic E-state index is -3.96. The summed E-state index contributed by atoms with van der Waals surface area (Å²) >= 11 is 0. The summed E-state index contributed by atoms with van der Waals surface area (Å²) in [5.41, 5.74) is 1.54. The zero-order valence-corrected chi connectivity index (χ0v) is 17.5. The van der Waals surface area contributed by atoms with Crippen molar-refractivity contribution in [3.05, 3.63) is 114 Å². The molecule has 5 heteroatoms. The molecule has 3 aromatic rings. The van der Waals surface area contributed by atoms with Crippen LogP contribution in [0.15, 0.2) is 102 Å². The van der Waals surface area contributed by atoms with E-state index < -0.39 is 15.6 Å². The average Bonchev–Trinajstić information content (AvgIpc) is 2.98. The van der Waals surface area contributed by atoms with Gasteiger partial charge in [-0.15, -0.1) is 6.58 Å². The van der Waals surface area contributed by atoms with Crippen molar-refractivity contribution < 1.29 is 13.5 Å². The fourth-order valence-corrected chi connectivity index (χ4v) is 5.39. The molecule has 1 aliphatic heterocycles. The molecular weight excluding hydrogens is 394 g/mol. The van der Waals surface area contributed by atoms with Crippen LogP contribution < -0.4 is 4.31 Å². The quantitative estimate of drug-likeness (QED) is 0.594. The molecule has 1 aliphatic rings. The molecule has 30 heavy (non-hydrogen) atoms. The number of nitrogens with zero attached hydrogens (tertiary/aromatic N) is 1. The fourth-order valence-electron chi connectivity index (χ4n) is 3.82. The lowest BCUT2D eigenvalue weighted by Gasteiger charge is -2.28. The standard InChI is InChI=1S/C25H23NO3S/c1-3-17-25(27)22-11-7-8-12-23(22)26(24(25)18-20-9-5-4-6-10-20)30(28,29)21-15-13-19(2)14-16-21/h3-16,18,27H,1,17H2,2H3/b24-18+. The number of benzene rings is 3. The van der Waals surface area contributed by atoms with Crippen LogP contribution >= 0.6 is 0 Å². The molecule has 1 N–H and O–H groups in total. The second-order valence-corrected chi connectivity index (χ2v) is 9.18. The number of para-hydroxylation sites is 1. The van der Waals surface area contributed by atoms with Crippen LogP contribution in [0.25, 0.3) is 6.08 Å². The van der Waals surface area contributed by atoms with Crippen molar-refractivity contribution in [2.75, 3.05) is 4.31 Å². The maximum absolute atomic E-state index is 13.7. The summed E-state index contributed by atoms with van der Waals surface area (Å²) in [6.07, 6.45) is 3.52. The van der Waals surface area contributed by atoms with E-state index >= 15 is 0 Å². The molecular formula is C25H23NO3S. The SMILES string of the molecule is C=CCC1(O)/C(=C\c2ccccc2)N(S(=O)(=O)c2ccc(C)cc2)c2ccccc21. The van der Waals surface area contributed by atoms with E-state index in [9.17, 15) is 13.5 Å². The van der Waals surface area contributed by atoms with Gasteiger partial charge in [-0.1, -0.05) is 72.3 Å². The molecule has 1 heterocycles. The molecule has 0 bridgehead atoms. The molecule has 3 aromatic carbocycles. The third kappa shape index (κ3) is 3.26. The number of fused-ring (bicyclic) bond motifs is 1. The van der Waals surface area contributed by atoms with E-state index in [1.165, 1.54) is 4.31 Å². The van der Waals surface area contributed by atoms with Gasteiger partial charge in [-0.2, -0.15) is 0 Å². The molecule has 4 nitrogen and oxygen atoms in total. The molecule has 0 radical (unpaired) electrons. The number of aryl methyl sites for hydroxylation is 1. The normalized spacial score (nSPS) is 19.7. The van der Waals surface area contributed by atoms with Crippen molar-refractivity contribution in [1.29, 1.82) is 0 Å². The summed E-state index contributed by atoms with van der Waals surface area (Å²) < 4.78 is 28.8. The van der Waals surface area contributed by atoms with E-state index in [1.807, 2.05) is 37.3 Å². The van der Waals surface area contributed by atoms with Crippen LogP contribution in [-0.4, -0.2) is 13.5 Å². The molecule has 0 aromatic heterocycles. The van der Waals surface area contributed by atoms with Crippen LogP contribution in [0.1, 0.15) is 23.1 Å². The first-order chi connectivity index (χ1) is 14.4. The van der Waals surface area contributed by atoms with Gasteiger partial charge in [0.1, 0.15) is 5.60 Å². The van der Waals surface area contributed by atoms with Crippen LogP contribution in [0.5, 0.6) is 0 Å². The second-order valence-electron chi connectivity index (χ2n) is 7.39. The number of aliphatic hydroxyl groups is 1. The Labute approximate surface area is 177 Å². The third-order valence-corrected chi connectivity index (χ3v) is 7.05. The van der Waals surface area contributed by atoms with E-state index in [-0.39, 0.29) is 17.0 Å². The van der Waals surface area contributed by atoms with E-state index in [0.29, 0.717) is 11.3 Å². The number of anilines is 1. The van der Waals surface area contributed by atoms with Gasteiger partial charge in [-0.25, -0.2) is 12.7 Å². The summed E-state index contributed by atoms with van der Waals surface area (Å²) in [4.78, 5) is 0.171. The lowest BCUT2D eigenvalue weighted by molar-refractivity contribution is 0.0870. The summed E-state index contributed by atoms with van der Waals surface area (Å²) in [6, 6.07) is 23.2. The molecule has 0 spiro atoms. The zero-order valence-electron chi connectivity index (χ0n) is 16.7. The van der Waals surface area contributed by atoms with Gasteiger partial charge < -0.3 is 5.11 Å². The summed E-state index contributed by atoms with van der Waals surface area (Å²) in [7, 11) is -3.96. The summed E-state index contributed by atoms with van der Waals surface area (Å²) in [5.74, 6) is 0. The number of hydrogen-bond donors (Lipinski definition) is 1. The molecule has 0 amide bonds. The Hall–Kier alpha value is -3.15. The molecule has 0 saturated heterocycles. The van der Waals surface area contributed by atoms with E-state index in [0.717, 1.165) is 11.1 Å². The highest BCUT2D eigenvalue weighted by molar-refractivity contribution is 7.93. The zero-order chi connectivity index (χ0) is 21.4. The van der Waals surface area contributed by atoms with Crippen molar-refractivity contribution in [2.24, 2.45) is 0 Å². The van der Waals surface area contributed by atoms with Crippen molar-refractivity contribution in [3.63, 3.8) is 0 Å². The average molecular weight is 418 g/mol. The minimum absolute atomic E-state index is 0.171. The van der Waals surface area contributed by atoms with Gasteiger partial charge in [0.05, 0.1) is 16.3 Å². The van der Waals surface area contributed by atoms with E-state index in [1.54, 1.807) is 60.7 Å². The van der Waals surface area contributed by atoms with Gasteiger partial charge in [-0.3, -0.25) is 0 Å². The van der Waals surface area contributed by atoms with Crippen molar-refractivity contribution >= 4 is 21.8 Å². The van der Waals surface area contributed by atoms with Gasteiger partial charge in [0.2, 0.25) is 0 Å². The Balaban J connectivity index is 2.00. The highest BCUT2D eigenvalue weighted by Crippen LogP contribution is 2.51. The van der Waals surface area contributed by atoms with E-state index in [2.05, 4.69) is 6.58 Å². The van der Waals surface area contributed by atoms with Crippen LogP contribution in [0.2, 0.25) is 0 Å². The molecule has 1 unspecified atom stereocenters. The molecule has 4 rings (SSSR count). The monoisotopic (exact) mass is 417 g/mol. The minimum Gasteiger partial charge on any atom is -0.378 e. The highest BCUT2D eigenvalue weighted by atomic mass is 32.2. The first-order valence-electron chi connectivity index (χ1n) is 9.70. The lowest BCUT2D eigenvalue weighted by Crippen LogP contribution is -2.34. The van der Waals surface area contributed by atoms with Crippen molar-refractivity contribution in [3.8, 4) is 0 Å². The molecule has 152 valence electrons. The Morgan fingerprint density at radius 3 is 2.27 bits per heavy atom. The van der Waals surface area contributed by atoms with Crippen molar-refractivity contribution in [1.82, 2.24) is 0 Å². The first-order valence-corrected chi connectivity index (χ1v) is 11.1. The van der Waals surface area contributed by atoms with Crippen LogP contribution in [0.3, 0.4) is 0 Å². The topological polar surface area (TPSA) is 57.6 Å². The first kappa shape index (κ1) is 20.1.